The standard InChI is InChI=1S/C7H3ClF3IN2O3/c8-2-3-1-4(14(15)16)5(6(12)13-3)17-7(9,10)11/h1H,2H2. The van der Waals surface area contributed by atoms with Crippen LogP contribution in [0.2, 0.25) is 0 Å². The molecule has 0 amide bonds. The number of hydrogen-bond donors (Lipinski definition) is 0. The first-order valence-corrected chi connectivity index (χ1v) is 5.51. The minimum atomic E-state index is -5.02. The van der Waals surface area contributed by atoms with Crippen LogP contribution in [0.15, 0.2) is 6.07 Å². The highest BCUT2D eigenvalue weighted by molar-refractivity contribution is 14.1. The lowest BCUT2D eigenvalue weighted by atomic mass is 10.3. The van der Waals surface area contributed by atoms with Crippen molar-refractivity contribution < 1.29 is 22.8 Å². The van der Waals surface area contributed by atoms with Crippen molar-refractivity contribution in [3.8, 4) is 5.75 Å². The summed E-state index contributed by atoms with van der Waals surface area (Å²) in [6, 6.07) is 0.843. The van der Waals surface area contributed by atoms with Gasteiger partial charge < -0.3 is 4.74 Å². The molecule has 0 saturated carbocycles. The van der Waals surface area contributed by atoms with Gasteiger partial charge in [0.1, 0.15) is 0 Å². The van der Waals surface area contributed by atoms with Crippen molar-refractivity contribution in [2.75, 3.05) is 0 Å². The zero-order chi connectivity index (χ0) is 13.2. The van der Waals surface area contributed by atoms with Gasteiger partial charge in [0.15, 0.2) is 3.70 Å². The van der Waals surface area contributed by atoms with E-state index in [0.717, 1.165) is 6.07 Å². The molecule has 0 spiro atoms. The summed E-state index contributed by atoms with van der Waals surface area (Å²) in [6.45, 7) is 0. The van der Waals surface area contributed by atoms with E-state index in [9.17, 15) is 23.3 Å². The highest BCUT2D eigenvalue weighted by Gasteiger charge is 2.36. The third kappa shape index (κ3) is 3.84. The maximum Gasteiger partial charge on any atom is 0.573 e. The van der Waals surface area contributed by atoms with Crippen LogP contribution in [0.5, 0.6) is 5.75 Å². The number of rotatable bonds is 3. The van der Waals surface area contributed by atoms with E-state index in [4.69, 9.17) is 11.6 Å². The quantitative estimate of drug-likeness (QED) is 0.265. The Kier molecular flexibility index (Phi) is 4.36. The molecule has 0 aliphatic carbocycles. The Balaban J connectivity index is 3.32. The molecule has 1 heterocycles. The van der Waals surface area contributed by atoms with Crippen LogP contribution >= 0.6 is 34.2 Å². The topological polar surface area (TPSA) is 65.3 Å². The van der Waals surface area contributed by atoms with Gasteiger partial charge in [-0.1, -0.05) is 0 Å². The second kappa shape index (κ2) is 5.21. The Morgan fingerprint density at radius 3 is 2.59 bits per heavy atom. The van der Waals surface area contributed by atoms with Gasteiger partial charge in [0.2, 0.25) is 5.75 Å². The molecule has 1 aromatic rings. The summed E-state index contributed by atoms with van der Waals surface area (Å²) in [6.07, 6.45) is -5.02. The number of pyridine rings is 1. The van der Waals surface area contributed by atoms with Crippen molar-refractivity contribution in [1.29, 1.82) is 0 Å². The molecule has 0 aliphatic rings. The molecular weight excluding hydrogens is 379 g/mol. The van der Waals surface area contributed by atoms with Crippen LogP contribution in [-0.4, -0.2) is 16.3 Å². The molecule has 5 nitrogen and oxygen atoms in total. The second-order valence-corrected chi connectivity index (χ2v) is 3.98. The molecule has 0 radical (unpaired) electrons. The third-order valence-corrected chi connectivity index (χ3v) is 2.52. The first kappa shape index (κ1) is 14.2. The maximum atomic E-state index is 12.0. The molecule has 0 aliphatic heterocycles. The first-order chi connectivity index (χ1) is 7.74. The van der Waals surface area contributed by atoms with Crippen molar-refractivity contribution >= 4 is 39.9 Å². The van der Waals surface area contributed by atoms with Crippen LogP contribution in [0, 0.1) is 13.8 Å². The average molecular weight is 382 g/mol. The van der Waals surface area contributed by atoms with Gasteiger partial charge in [0.25, 0.3) is 0 Å². The average Bonchev–Trinajstić information content (AvgIpc) is 2.18. The smallest absolute Gasteiger partial charge is 0.396 e. The molecule has 0 N–H and O–H groups in total. The first-order valence-electron chi connectivity index (χ1n) is 3.90. The molecule has 1 rings (SSSR count). The van der Waals surface area contributed by atoms with E-state index in [1.807, 2.05) is 0 Å². The SMILES string of the molecule is O=[N+]([O-])c1cc(CCl)nc(I)c1OC(F)(F)F. The molecule has 0 fully saturated rings. The summed E-state index contributed by atoms with van der Waals surface area (Å²) in [5, 5.41) is 10.6. The number of nitro groups is 1. The molecule has 0 atom stereocenters. The monoisotopic (exact) mass is 382 g/mol. The van der Waals surface area contributed by atoms with Crippen LogP contribution in [0.3, 0.4) is 0 Å². The highest BCUT2D eigenvalue weighted by atomic mass is 127. The lowest BCUT2D eigenvalue weighted by molar-refractivity contribution is -0.388. The minimum Gasteiger partial charge on any atom is -0.396 e. The van der Waals surface area contributed by atoms with E-state index < -0.39 is 22.7 Å². The van der Waals surface area contributed by atoms with Crippen LogP contribution in [0.4, 0.5) is 18.9 Å². The highest BCUT2D eigenvalue weighted by Crippen LogP contribution is 2.35. The van der Waals surface area contributed by atoms with Crippen LogP contribution < -0.4 is 4.74 Å². The normalized spacial score (nSPS) is 11.4. The zero-order valence-corrected chi connectivity index (χ0v) is 10.7. The number of halogens is 5. The molecule has 0 bridgehead atoms. The molecule has 0 saturated heterocycles. The van der Waals surface area contributed by atoms with Crippen molar-refractivity contribution in [3.63, 3.8) is 0 Å². The number of alkyl halides is 4. The Hall–Kier alpha value is -0.840. The predicted octanol–water partition coefficient (Wildman–Crippen LogP) is 3.23. The Labute approximate surface area is 111 Å². The van der Waals surface area contributed by atoms with Gasteiger partial charge in [0.05, 0.1) is 16.5 Å². The van der Waals surface area contributed by atoms with Crippen LogP contribution in [0.25, 0.3) is 0 Å². The second-order valence-electron chi connectivity index (χ2n) is 2.69. The summed E-state index contributed by atoms with van der Waals surface area (Å²) in [5.74, 6) is -1.08. The third-order valence-electron chi connectivity index (χ3n) is 1.52. The fourth-order valence-corrected chi connectivity index (χ4v) is 1.79. The molecule has 0 unspecified atom stereocenters. The van der Waals surface area contributed by atoms with E-state index in [1.165, 1.54) is 22.6 Å². The fraction of sp³-hybridized carbons (Fsp3) is 0.286. The lowest BCUT2D eigenvalue weighted by Crippen LogP contribution is -2.19. The van der Waals surface area contributed by atoms with Crippen LogP contribution in [0.1, 0.15) is 5.69 Å². The van der Waals surface area contributed by atoms with E-state index in [1.54, 1.807) is 0 Å². The van der Waals surface area contributed by atoms with Crippen molar-refractivity contribution in [2.45, 2.75) is 12.2 Å². The van der Waals surface area contributed by atoms with Gasteiger partial charge in [0, 0.05) is 6.07 Å². The number of nitrogens with zero attached hydrogens (tertiary/aromatic N) is 2. The molecule has 10 heteroatoms. The van der Waals surface area contributed by atoms with Gasteiger partial charge in [-0.15, -0.1) is 24.8 Å². The summed E-state index contributed by atoms with van der Waals surface area (Å²) >= 11 is 6.82. The van der Waals surface area contributed by atoms with E-state index >= 15 is 0 Å². The van der Waals surface area contributed by atoms with E-state index in [0.29, 0.717) is 0 Å². The predicted molar refractivity (Wildman–Crippen MR) is 59.8 cm³/mol. The Bertz CT molecular complexity index is 455. The molecule has 94 valence electrons. The van der Waals surface area contributed by atoms with Crippen molar-refractivity contribution in [1.82, 2.24) is 4.98 Å². The zero-order valence-electron chi connectivity index (χ0n) is 7.79. The molecular formula is C7H3ClF3IN2O3. The van der Waals surface area contributed by atoms with Crippen LogP contribution in [-0.2, 0) is 5.88 Å². The summed E-state index contributed by atoms with van der Waals surface area (Å²) in [5.41, 5.74) is -0.727. The minimum absolute atomic E-state index is 0.0947. The number of ether oxygens (including phenoxy) is 1. The Morgan fingerprint density at radius 2 is 2.18 bits per heavy atom. The summed E-state index contributed by atoms with van der Waals surface area (Å²) in [4.78, 5) is 13.3. The summed E-state index contributed by atoms with van der Waals surface area (Å²) < 4.78 is 39.4. The van der Waals surface area contributed by atoms with Crippen molar-refractivity contribution in [3.05, 3.63) is 25.6 Å². The van der Waals surface area contributed by atoms with Gasteiger partial charge >= 0.3 is 12.0 Å². The molecule has 17 heavy (non-hydrogen) atoms. The van der Waals surface area contributed by atoms with E-state index in [-0.39, 0.29) is 15.3 Å². The van der Waals surface area contributed by atoms with Gasteiger partial charge in [-0.2, -0.15) is 0 Å². The largest absolute Gasteiger partial charge is 0.573 e. The van der Waals surface area contributed by atoms with Gasteiger partial charge in [-0.25, -0.2) is 4.98 Å². The van der Waals surface area contributed by atoms with Crippen molar-refractivity contribution in [2.24, 2.45) is 0 Å². The molecule has 0 aromatic carbocycles. The lowest BCUT2D eigenvalue weighted by Gasteiger charge is -2.10. The van der Waals surface area contributed by atoms with E-state index in [2.05, 4.69) is 9.72 Å². The van der Waals surface area contributed by atoms with Gasteiger partial charge in [-0.05, 0) is 22.6 Å². The molecule has 1 aromatic heterocycles. The fourth-order valence-electron chi connectivity index (χ4n) is 0.952. The number of hydrogen-bond acceptors (Lipinski definition) is 4. The van der Waals surface area contributed by atoms with Gasteiger partial charge in [-0.3, -0.25) is 10.1 Å². The summed E-state index contributed by atoms with van der Waals surface area (Å²) in [7, 11) is 0. The maximum absolute atomic E-state index is 12.0. The number of aromatic nitrogens is 1. The Morgan fingerprint density at radius 1 is 1.59 bits per heavy atom.